The van der Waals surface area contributed by atoms with E-state index in [0.717, 1.165) is 6.42 Å². The average Bonchev–Trinajstić information content (AvgIpc) is 2.26. The lowest BCUT2D eigenvalue weighted by molar-refractivity contribution is 0.0937. The van der Waals surface area contributed by atoms with Crippen molar-refractivity contribution in [2.24, 2.45) is 0 Å². The van der Waals surface area contributed by atoms with Crippen LogP contribution in [0.4, 0.5) is 11.4 Å². The summed E-state index contributed by atoms with van der Waals surface area (Å²) in [5, 5.41) is 11.5. The number of hydrogen-bond acceptors (Lipinski definition) is 4. The molecular formula is C12H19N3O2. The Kier molecular flexibility index (Phi) is 4.78. The number of carbonyl (C=O) groups excluding carboxylic acids is 1. The number of anilines is 2. The summed E-state index contributed by atoms with van der Waals surface area (Å²) in [5.74, 6) is -0.215. The zero-order chi connectivity index (χ0) is 12.8. The molecule has 0 aromatic heterocycles. The van der Waals surface area contributed by atoms with Crippen LogP contribution in [0, 0.1) is 0 Å². The topological polar surface area (TPSA) is 101 Å². The van der Waals surface area contributed by atoms with Gasteiger partial charge in [-0.1, -0.05) is 0 Å². The smallest absolute Gasteiger partial charge is 0.253 e. The van der Waals surface area contributed by atoms with E-state index in [1.807, 2.05) is 6.92 Å². The van der Waals surface area contributed by atoms with Crippen LogP contribution in [0.3, 0.4) is 0 Å². The molecule has 1 aromatic carbocycles. The molecule has 0 saturated carbocycles. The Morgan fingerprint density at radius 3 is 2.76 bits per heavy atom. The van der Waals surface area contributed by atoms with Crippen molar-refractivity contribution in [1.29, 1.82) is 0 Å². The standard InChI is InChI=1S/C12H19N3O2/c1-8(3-2-6-16)15-12(17)10-5-4-9(13)7-11(10)14/h4-5,7-8,16H,2-3,6,13-14H2,1H3,(H,15,17). The monoisotopic (exact) mass is 237 g/mol. The summed E-state index contributed by atoms with van der Waals surface area (Å²) in [7, 11) is 0. The second kappa shape index (κ2) is 6.10. The fourth-order valence-corrected chi connectivity index (χ4v) is 1.56. The number of benzene rings is 1. The van der Waals surface area contributed by atoms with Crippen molar-refractivity contribution in [3.63, 3.8) is 0 Å². The quantitative estimate of drug-likeness (QED) is 0.567. The zero-order valence-corrected chi connectivity index (χ0v) is 9.94. The number of aliphatic hydroxyl groups is 1. The summed E-state index contributed by atoms with van der Waals surface area (Å²) >= 11 is 0. The van der Waals surface area contributed by atoms with Gasteiger partial charge in [-0.3, -0.25) is 4.79 Å². The van der Waals surface area contributed by atoms with Gasteiger partial charge < -0.3 is 21.9 Å². The number of nitrogens with two attached hydrogens (primary N) is 2. The second-order valence-corrected chi connectivity index (χ2v) is 4.09. The summed E-state index contributed by atoms with van der Waals surface area (Å²) in [6.45, 7) is 2.02. The lowest BCUT2D eigenvalue weighted by Crippen LogP contribution is -2.33. The molecule has 1 amide bonds. The summed E-state index contributed by atoms with van der Waals surface area (Å²) in [6.07, 6.45) is 1.40. The Morgan fingerprint density at radius 1 is 1.47 bits per heavy atom. The number of nitrogen functional groups attached to an aromatic ring is 2. The Bertz CT molecular complexity index is 393. The van der Waals surface area contributed by atoms with Crippen LogP contribution in [0.1, 0.15) is 30.1 Å². The predicted octanol–water partition coefficient (Wildman–Crippen LogP) is 0.742. The molecule has 1 aromatic rings. The SMILES string of the molecule is CC(CCCO)NC(=O)c1ccc(N)cc1N. The molecule has 5 heteroatoms. The molecule has 0 fully saturated rings. The predicted molar refractivity (Wildman–Crippen MR) is 68.5 cm³/mol. The molecule has 94 valence electrons. The van der Waals surface area contributed by atoms with E-state index >= 15 is 0 Å². The largest absolute Gasteiger partial charge is 0.399 e. The van der Waals surface area contributed by atoms with Gasteiger partial charge in [-0.15, -0.1) is 0 Å². The normalized spacial score (nSPS) is 12.1. The minimum absolute atomic E-state index is 0.00611. The minimum atomic E-state index is -0.215. The van der Waals surface area contributed by atoms with Crippen LogP contribution in [0.15, 0.2) is 18.2 Å². The van der Waals surface area contributed by atoms with Gasteiger partial charge in [-0.05, 0) is 38.0 Å². The van der Waals surface area contributed by atoms with Crippen LogP contribution in [0.5, 0.6) is 0 Å². The van der Waals surface area contributed by atoms with Crippen molar-refractivity contribution in [2.75, 3.05) is 18.1 Å². The maximum atomic E-state index is 11.9. The number of amides is 1. The fraction of sp³-hybridized carbons (Fsp3) is 0.417. The van der Waals surface area contributed by atoms with Crippen LogP contribution in [0.2, 0.25) is 0 Å². The molecular weight excluding hydrogens is 218 g/mol. The lowest BCUT2D eigenvalue weighted by Gasteiger charge is -2.14. The molecule has 0 saturated heterocycles. The van der Waals surface area contributed by atoms with E-state index < -0.39 is 0 Å². The van der Waals surface area contributed by atoms with Crippen molar-refractivity contribution >= 4 is 17.3 Å². The average molecular weight is 237 g/mol. The molecule has 0 heterocycles. The van der Waals surface area contributed by atoms with Crippen LogP contribution >= 0.6 is 0 Å². The van der Waals surface area contributed by atoms with Gasteiger partial charge in [0, 0.05) is 24.0 Å². The molecule has 0 bridgehead atoms. The van der Waals surface area contributed by atoms with Gasteiger partial charge in [0.05, 0.1) is 5.56 Å². The molecule has 0 radical (unpaired) electrons. The number of aliphatic hydroxyl groups excluding tert-OH is 1. The second-order valence-electron chi connectivity index (χ2n) is 4.09. The molecule has 0 spiro atoms. The highest BCUT2D eigenvalue weighted by molar-refractivity contribution is 5.99. The summed E-state index contributed by atoms with van der Waals surface area (Å²) in [5.41, 5.74) is 12.6. The summed E-state index contributed by atoms with van der Waals surface area (Å²) in [6, 6.07) is 4.82. The molecule has 1 rings (SSSR count). The van der Waals surface area contributed by atoms with E-state index in [9.17, 15) is 4.79 Å². The van der Waals surface area contributed by atoms with Gasteiger partial charge in [0.2, 0.25) is 0 Å². The highest BCUT2D eigenvalue weighted by Gasteiger charge is 2.12. The molecule has 1 atom stereocenters. The zero-order valence-electron chi connectivity index (χ0n) is 9.94. The lowest BCUT2D eigenvalue weighted by atomic mass is 10.1. The first-order valence-electron chi connectivity index (χ1n) is 5.61. The maximum absolute atomic E-state index is 11.9. The van der Waals surface area contributed by atoms with Gasteiger partial charge in [-0.2, -0.15) is 0 Å². The first-order chi connectivity index (χ1) is 8.04. The molecule has 6 N–H and O–H groups in total. The Balaban J connectivity index is 2.63. The number of rotatable bonds is 5. The van der Waals surface area contributed by atoms with Crippen LogP contribution in [-0.2, 0) is 0 Å². The van der Waals surface area contributed by atoms with Crippen LogP contribution < -0.4 is 16.8 Å². The van der Waals surface area contributed by atoms with E-state index in [4.69, 9.17) is 16.6 Å². The third-order valence-corrected chi connectivity index (χ3v) is 2.49. The van der Waals surface area contributed by atoms with Crippen molar-refractivity contribution in [2.45, 2.75) is 25.8 Å². The molecule has 0 aliphatic carbocycles. The van der Waals surface area contributed by atoms with Gasteiger partial charge >= 0.3 is 0 Å². The Hall–Kier alpha value is -1.75. The first-order valence-corrected chi connectivity index (χ1v) is 5.61. The minimum Gasteiger partial charge on any atom is -0.399 e. The third-order valence-electron chi connectivity index (χ3n) is 2.49. The maximum Gasteiger partial charge on any atom is 0.253 e. The number of carbonyl (C=O) groups is 1. The highest BCUT2D eigenvalue weighted by Crippen LogP contribution is 2.15. The molecule has 0 aliphatic heterocycles. The highest BCUT2D eigenvalue weighted by atomic mass is 16.2. The van der Waals surface area contributed by atoms with E-state index in [-0.39, 0.29) is 18.6 Å². The number of nitrogens with one attached hydrogen (secondary N) is 1. The van der Waals surface area contributed by atoms with Gasteiger partial charge in [0.1, 0.15) is 0 Å². The molecule has 1 unspecified atom stereocenters. The van der Waals surface area contributed by atoms with E-state index in [0.29, 0.717) is 23.4 Å². The van der Waals surface area contributed by atoms with Crippen molar-refractivity contribution in [3.05, 3.63) is 23.8 Å². The van der Waals surface area contributed by atoms with Gasteiger partial charge in [-0.25, -0.2) is 0 Å². The molecule has 5 nitrogen and oxygen atoms in total. The van der Waals surface area contributed by atoms with Crippen molar-refractivity contribution in [3.8, 4) is 0 Å². The van der Waals surface area contributed by atoms with Crippen LogP contribution in [-0.4, -0.2) is 23.7 Å². The molecule has 17 heavy (non-hydrogen) atoms. The van der Waals surface area contributed by atoms with Crippen molar-refractivity contribution < 1.29 is 9.90 Å². The van der Waals surface area contributed by atoms with E-state index in [2.05, 4.69) is 5.32 Å². The number of hydrogen-bond donors (Lipinski definition) is 4. The van der Waals surface area contributed by atoms with E-state index in [1.165, 1.54) is 0 Å². The summed E-state index contributed by atoms with van der Waals surface area (Å²) in [4.78, 5) is 11.9. The Labute approximate surface area is 101 Å². The Morgan fingerprint density at radius 2 is 2.18 bits per heavy atom. The fourth-order valence-electron chi connectivity index (χ4n) is 1.56. The van der Waals surface area contributed by atoms with E-state index in [1.54, 1.807) is 18.2 Å². The van der Waals surface area contributed by atoms with Crippen LogP contribution in [0.25, 0.3) is 0 Å². The summed E-state index contributed by atoms with van der Waals surface area (Å²) < 4.78 is 0. The third kappa shape index (κ3) is 3.96. The van der Waals surface area contributed by atoms with Crippen molar-refractivity contribution in [1.82, 2.24) is 5.32 Å². The van der Waals surface area contributed by atoms with Gasteiger partial charge in [0.15, 0.2) is 0 Å². The first kappa shape index (κ1) is 13.3. The van der Waals surface area contributed by atoms with Gasteiger partial charge in [0.25, 0.3) is 5.91 Å². The molecule has 0 aliphatic rings.